The van der Waals surface area contributed by atoms with Crippen LogP contribution in [0.25, 0.3) is 11.5 Å². The van der Waals surface area contributed by atoms with Gasteiger partial charge in [0.05, 0.1) is 12.1 Å². The predicted octanol–water partition coefficient (Wildman–Crippen LogP) is 2.41. The maximum atomic E-state index is 13.2. The minimum absolute atomic E-state index is 0.0855. The normalized spacial score (nSPS) is 19.7. The summed E-state index contributed by atoms with van der Waals surface area (Å²) >= 11 is 0. The zero-order valence-electron chi connectivity index (χ0n) is 14.6. The lowest BCUT2D eigenvalue weighted by atomic mass is 10.2. The molecule has 27 heavy (non-hydrogen) atoms. The monoisotopic (exact) mass is 364 g/mol. The molecule has 0 amide bonds. The van der Waals surface area contributed by atoms with E-state index in [9.17, 15) is 9.50 Å². The largest absolute Gasteiger partial charge is 0.392 e. The van der Waals surface area contributed by atoms with E-state index in [1.165, 1.54) is 12.1 Å². The van der Waals surface area contributed by atoms with Gasteiger partial charge in [-0.1, -0.05) is 23.1 Å². The maximum Gasteiger partial charge on any atom is 0.244 e. The Hall–Kier alpha value is -3.08. The number of nitrogens with zero attached hydrogens (tertiary/aromatic N) is 4. The summed E-state index contributed by atoms with van der Waals surface area (Å²) in [7, 11) is 1.91. The van der Waals surface area contributed by atoms with Gasteiger partial charge in [0.25, 0.3) is 0 Å². The summed E-state index contributed by atoms with van der Waals surface area (Å²) < 4.78 is 18.5. The Morgan fingerprint density at radius 1 is 1.22 bits per heavy atom. The zero-order valence-corrected chi connectivity index (χ0v) is 14.6. The average Bonchev–Trinajstić information content (AvgIpc) is 3.27. The SMILES string of the molecule is CN1C[C@H](O)C[C@H]1c1nc(-c2ccc(C#Cc3cccc(F)c3)cn2)no1. The van der Waals surface area contributed by atoms with Crippen LogP contribution in [0.1, 0.15) is 29.5 Å². The summed E-state index contributed by atoms with van der Waals surface area (Å²) in [6.07, 6.45) is 1.80. The van der Waals surface area contributed by atoms with Gasteiger partial charge in [0.15, 0.2) is 0 Å². The van der Waals surface area contributed by atoms with Crippen LogP contribution in [0, 0.1) is 17.7 Å². The molecule has 136 valence electrons. The number of aromatic nitrogens is 3. The van der Waals surface area contributed by atoms with Gasteiger partial charge in [0.1, 0.15) is 11.5 Å². The third-order valence-corrected chi connectivity index (χ3v) is 4.42. The lowest BCUT2D eigenvalue weighted by Gasteiger charge is -2.13. The van der Waals surface area contributed by atoms with Crippen LogP contribution in [0.4, 0.5) is 4.39 Å². The molecular formula is C20H17FN4O2. The molecule has 7 heteroatoms. The van der Waals surface area contributed by atoms with Crippen molar-refractivity contribution in [3.63, 3.8) is 0 Å². The van der Waals surface area contributed by atoms with Crippen LogP contribution in [0.3, 0.4) is 0 Å². The van der Waals surface area contributed by atoms with Gasteiger partial charge in [-0.05, 0) is 43.8 Å². The van der Waals surface area contributed by atoms with Crippen molar-refractivity contribution in [1.29, 1.82) is 0 Å². The van der Waals surface area contributed by atoms with Crippen LogP contribution >= 0.6 is 0 Å². The molecule has 4 rings (SSSR count). The predicted molar refractivity (Wildman–Crippen MR) is 95.9 cm³/mol. The van der Waals surface area contributed by atoms with Gasteiger partial charge in [-0.25, -0.2) is 4.39 Å². The topological polar surface area (TPSA) is 75.3 Å². The van der Waals surface area contributed by atoms with Gasteiger partial charge in [-0.2, -0.15) is 4.98 Å². The smallest absolute Gasteiger partial charge is 0.244 e. The van der Waals surface area contributed by atoms with Crippen molar-refractivity contribution in [3.8, 4) is 23.4 Å². The fourth-order valence-corrected chi connectivity index (χ4v) is 3.05. The first kappa shape index (κ1) is 17.3. The average molecular weight is 364 g/mol. The lowest BCUT2D eigenvalue weighted by molar-refractivity contribution is 0.182. The molecule has 2 aromatic heterocycles. The van der Waals surface area contributed by atoms with Crippen LogP contribution in [0.5, 0.6) is 0 Å². The highest BCUT2D eigenvalue weighted by Crippen LogP contribution is 2.30. The second kappa shape index (κ2) is 7.27. The quantitative estimate of drug-likeness (QED) is 0.704. The number of halogens is 1. The first-order valence-corrected chi connectivity index (χ1v) is 8.54. The van der Waals surface area contributed by atoms with Gasteiger partial charge in [0, 0.05) is 23.9 Å². The highest BCUT2D eigenvalue weighted by molar-refractivity contribution is 5.51. The molecule has 1 N–H and O–H groups in total. The van der Waals surface area contributed by atoms with E-state index in [1.54, 1.807) is 30.5 Å². The number of aliphatic hydroxyl groups excluding tert-OH is 1. The van der Waals surface area contributed by atoms with Crippen molar-refractivity contribution < 1.29 is 14.0 Å². The van der Waals surface area contributed by atoms with Gasteiger partial charge < -0.3 is 9.63 Å². The molecule has 0 spiro atoms. The highest BCUT2D eigenvalue weighted by atomic mass is 19.1. The van der Waals surface area contributed by atoms with Gasteiger partial charge in [-0.3, -0.25) is 9.88 Å². The van der Waals surface area contributed by atoms with Crippen LogP contribution in [-0.4, -0.2) is 44.8 Å². The van der Waals surface area contributed by atoms with E-state index < -0.39 is 0 Å². The molecule has 1 fully saturated rings. The molecule has 0 bridgehead atoms. The van der Waals surface area contributed by atoms with Gasteiger partial charge in [-0.15, -0.1) is 0 Å². The molecule has 3 aromatic rings. The van der Waals surface area contributed by atoms with Crippen molar-refractivity contribution in [2.45, 2.75) is 18.6 Å². The molecule has 1 aromatic carbocycles. The van der Waals surface area contributed by atoms with Gasteiger partial charge >= 0.3 is 0 Å². The van der Waals surface area contributed by atoms with Crippen molar-refractivity contribution in [2.24, 2.45) is 0 Å². The van der Waals surface area contributed by atoms with Gasteiger partial charge in [0.2, 0.25) is 11.7 Å². The number of rotatable bonds is 2. The molecule has 6 nitrogen and oxygen atoms in total. The van der Waals surface area contributed by atoms with Crippen molar-refractivity contribution >= 4 is 0 Å². The Labute approximate surface area is 155 Å². The lowest BCUT2D eigenvalue weighted by Crippen LogP contribution is -2.19. The van der Waals surface area contributed by atoms with Crippen LogP contribution < -0.4 is 0 Å². The number of β-amino-alcohol motifs (C(OH)–C–C–N with tert-alkyl or cyclic N) is 1. The Balaban J connectivity index is 1.50. The van der Waals surface area contributed by atoms with Crippen molar-refractivity contribution in [2.75, 3.05) is 13.6 Å². The fraction of sp³-hybridized carbons (Fsp3) is 0.250. The molecule has 1 aliphatic heterocycles. The minimum Gasteiger partial charge on any atom is -0.392 e. The molecule has 2 atom stereocenters. The molecule has 0 unspecified atom stereocenters. The number of pyridine rings is 1. The molecule has 1 saturated heterocycles. The van der Waals surface area contributed by atoms with E-state index in [0.29, 0.717) is 41.5 Å². The first-order valence-electron chi connectivity index (χ1n) is 8.54. The number of hydrogen-bond acceptors (Lipinski definition) is 6. The third-order valence-electron chi connectivity index (χ3n) is 4.42. The standard InChI is InChI=1S/C20H17FN4O2/c1-25-12-16(26)10-18(25)20-23-19(24-27-20)17-8-7-14(11-22-17)6-5-13-3-2-4-15(21)9-13/h2-4,7-9,11,16,18,26H,10,12H2,1H3/t16-,18+/m1/s1. The molecular weight excluding hydrogens is 347 g/mol. The minimum atomic E-state index is -0.385. The van der Waals surface area contributed by atoms with Crippen LogP contribution in [0.2, 0.25) is 0 Å². The summed E-state index contributed by atoms with van der Waals surface area (Å²) in [6, 6.07) is 9.60. The fourth-order valence-electron chi connectivity index (χ4n) is 3.05. The molecule has 1 aliphatic rings. The maximum absolute atomic E-state index is 13.2. The van der Waals surface area contributed by atoms with E-state index in [2.05, 4.69) is 27.0 Å². The summed E-state index contributed by atoms with van der Waals surface area (Å²) in [6.45, 7) is 0.583. The Morgan fingerprint density at radius 2 is 2.07 bits per heavy atom. The molecule has 3 heterocycles. The van der Waals surface area contributed by atoms with E-state index in [4.69, 9.17) is 4.52 Å². The van der Waals surface area contributed by atoms with E-state index in [1.807, 2.05) is 11.9 Å². The van der Waals surface area contributed by atoms with E-state index in [0.717, 1.165) is 0 Å². The summed E-state index contributed by atoms with van der Waals surface area (Å²) in [5.74, 6) is 6.40. The summed E-state index contributed by atoms with van der Waals surface area (Å²) in [5.41, 5.74) is 1.87. The number of aliphatic hydroxyl groups is 1. The second-order valence-electron chi connectivity index (χ2n) is 6.49. The van der Waals surface area contributed by atoms with Crippen molar-refractivity contribution in [1.82, 2.24) is 20.0 Å². The summed E-state index contributed by atoms with van der Waals surface area (Å²) in [4.78, 5) is 10.7. The third kappa shape index (κ3) is 3.87. The molecule has 0 aliphatic carbocycles. The van der Waals surface area contributed by atoms with E-state index >= 15 is 0 Å². The van der Waals surface area contributed by atoms with E-state index in [-0.39, 0.29) is 18.0 Å². The Morgan fingerprint density at radius 3 is 2.78 bits per heavy atom. The second-order valence-corrected chi connectivity index (χ2v) is 6.49. The Bertz CT molecular complexity index is 1010. The summed E-state index contributed by atoms with van der Waals surface area (Å²) in [5, 5.41) is 13.7. The first-order chi connectivity index (χ1) is 13.1. The number of likely N-dealkylation sites (tertiary alicyclic amines) is 1. The zero-order chi connectivity index (χ0) is 18.8. The molecule has 0 saturated carbocycles. The highest BCUT2D eigenvalue weighted by Gasteiger charge is 2.33. The molecule has 0 radical (unpaired) electrons. The van der Waals surface area contributed by atoms with Crippen LogP contribution in [-0.2, 0) is 0 Å². The van der Waals surface area contributed by atoms with Crippen LogP contribution in [0.15, 0.2) is 47.1 Å². The number of benzene rings is 1. The number of hydrogen-bond donors (Lipinski definition) is 1. The van der Waals surface area contributed by atoms with Crippen molar-refractivity contribution in [3.05, 3.63) is 65.4 Å². The number of likely N-dealkylation sites (N-methyl/N-ethyl adjacent to an activating group) is 1. The Kier molecular flexibility index (Phi) is 4.67.